The van der Waals surface area contributed by atoms with Crippen LogP contribution in [-0.4, -0.2) is 23.5 Å². The molecule has 0 bridgehead atoms. The first-order chi connectivity index (χ1) is 10.5. The van der Waals surface area contributed by atoms with E-state index in [1.165, 1.54) is 75.6 Å². The van der Waals surface area contributed by atoms with Gasteiger partial charge < -0.3 is 0 Å². The van der Waals surface area contributed by atoms with Crippen LogP contribution in [0.2, 0.25) is 0 Å². The van der Waals surface area contributed by atoms with Crippen LogP contribution in [0, 0.1) is 25.7 Å². The number of aliphatic imine (C=N–C) groups is 2. The predicted molar refractivity (Wildman–Crippen MR) is 97.5 cm³/mol. The van der Waals surface area contributed by atoms with Crippen molar-refractivity contribution < 1.29 is 25.7 Å². The first-order valence-electron chi connectivity index (χ1n) is 8.50. The van der Waals surface area contributed by atoms with Gasteiger partial charge in [-0.05, 0) is 39.5 Å². The SMILES string of the molecule is CC(=NC1CCCCC1)C(C)=NC1CCCCC1.[Cl][La]([Cl])[Cl]. The monoisotopic (exact) mass is 492 g/mol. The van der Waals surface area contributed by atoms with Gasteiger partial charge in [0.05, 0.1) is 23.5 Å². The van der Waals surface area contributed by atoms with Gasteiger partial charge in [0.1, 0.15) is 0 Å². The quantitative estimate of drug-likeness (QED) is 0.394. The van der Waals surface area contributed by atoms with E-state index in [1.807, 2.05) is 0 Å². The number of hydrogen-bond donors (Lipinski definition) is 0. The van der Waals surface area contributed by atoms with Crippen LogP contribution in [0.15, 0.2) is 9.98 Å². The average Bonchev–Trinajstić information content (AvgIpc) is 2.48. The average molecular weight is 494 g/mol. The summed E-state index contributed by atoms with van der Waals surface area (Å²) in [6, 6.07) is 1.16. The first kappa shape index (κ1) is 21.4. The molecule has 126 valence electrons. The van der Waals surface area contributed by atoms with Crippen molar-refractivity contribution >= 4 is 31.8 Å². The van der Waals surface area contributed by atoms with E-state index in [2.05, 4.69) is 13.8 Å². The minimum atomic E-state index is -2.31. The van der Waals surface area contributed by atoms with Crippen LogP contribution in [0.1, 0.15) is 78.1 Å². The zero-order valence-electron chi connectivity index (χ0n) is 13.8. The molecule has 22 heavy (non-hydrogen) atoms. The molecule has 6 heteroatoms. The molecule has 2 aliphatic carbocycles. The Kier molecular flexibility index (Phi) is 12.4. The van der Waals surface area contributed by atoms with E-state index in [0.717, 1.165) is 0 Å². The molecular formula is C16H28Cl3LaN2. The number of halogens is 3. The van der Waals surface area contributed by atoms with Crippen molar-refractivity contribution in [2.24, 2.45) is 9.98 Å². The molecule has 2 rings (SSSR count). The molecule has 0 aromatic rings. The summed E-state index contributed by atoms with van der Waals surface area (Å²) in [4.78, 5) is 9.77. The Morgan fingerprint density at radius 2 is 0.955 bits per heavy atom. The standard InChI is InChI=1S/C16H28N2.3ClH.La/c1-13(17-15-9-5-3-6-10-15)14(2)18-16-11-7-4-8-12-16;;;;/h15-16H,3-12H2,1-2H3;3*1H;/q;;;;+3/p-3. The maximum absolute atomic E-state index is 5.03. The molecule has 0 aromatic carbocycles. The van der Waals surface area contributed by atoms with Crippen LogP contribution in [-0.2, 0) is 0 Å². The summed E-state index contributed by atoms with van der Waals surface area (Å²) in [6.07, 6.45) is 13.4. The van der Waals surface area contributed by atoms with Gasteiger partial charge in [0.25, 0.3) is 0 Å². The summed E-state index contributed by atoms with van der Waals surface area (Å²) in [5.74, 6) is 0. The summed E-state index contributed by atoms with van der Waals surface area (Å²) in [5.41, 5.74) is 2.37. The molecule has 0 spiro atoms. The third-order valence-corrected chi connectivity index (χ3v) is 4.43. The molecular weight excluding hydrogens is 465 g/mol. The van der Waals surface area contributed by atoms with E-state index in [-0.39, 0.29) is 0 Å². The molecule has 2 saturated carbocycles. The Bertz CT molecular complexity index is 326. The predicted octanol–water partition coefficient (Wildman–Crippen LogP) is 6.64. The van der Waals surface area contributed by atoms with Crippen molar-refractivity contribution in [2.45, 2.75) is 90.1 Å². The van der Waals surface area contributed by atoms with Gasteiger partial charge in [-0.3, -0.25) is 9.98 Å². The summed E-state index contributed by atoms with van der Waals surface area (Å²) in [5, 5.41) is 0. The molecule has 0 amide bonds. The van der Waals surface area contributed by atoms with Crippen LogP contribution < -0.4 is 0 Å². The second-order valence-electron chi connectivity index (χ2n) is 6.26. The Balaban J connectivity index is 0.000000541. The Morgan fingerprint density at radius 1 is 0.682 bits per heavy atom. The molecule has 0 unspecified atom stereocenters. The topological polar surface area (TPSA) is 24.7 Å². The zero-order chi connectivity index (χ0) is 16.4. The molecule has 0 N–H and O–H groups in total. The minimum absolute atomic E-state index is 0.579. The van der Waals surface area contributed by atoms with Crippen molar-refractivity contribution in [2.75, 3.05) is 0 Å². The molecule has 2 nitrogen and oxygen atoms in total. The van der Waals surface area contributed by atoms with Crippen LogP contribution in [0.25, 0.3) is 0 Å². The third-order valence-electron chi connectivity index (χ3n) is 4.43. The van der Waals surface area contributed by atoms with Gasteiger partial charge in [0, 0.05) is 0 Å². The number of rotatable bonds is 3. The molecule has 2 aliphatic rings. The van der Waals surface area contributed by atoms with Gasteiger partial charge in [-0.1, -0.05) is 38.5 Å². The fourth-order valence-electron chi connectivity index (χ4n) is 3.15. The molecule has 2 fully saturated rings. The molecule has 0 aliphatic heterocycles. The van der Waals surface area contributed by atoms with Crippen molar-refractivity contribution in [3.8, 4) is 0 Å². The summed E-state index contributed by atoms with van der Waals surface area (Å²) in [6.45, 7) is 19.4. The van der Waals surface area contributed by atoms with E-state index in [4.69, 9.17) is 30.4 Å². The second-order valence-corrected chi connectivity index (χ2v) is 22.2. The van der Waals surface area contributed by atoms with Crippen molar-refractivity contribution in [1.82, 2.24) is 0 Å². The Morgan fingerprint density at radius 3 is 1.23 bits per heavy atom. The van der Waals surface area contributed by atoms with Crippen LogP contribution in [0.3, 0.4) is 0 Å². The Hall–Kier alpha value is 1.40. The van der Waals surface area contributed by atoms with E-state index in [0.29, 0.717) is 12.1 Å². The fourth-order valence-corrected chi connectivity index (χ4v) is 3.15. The van der Waals surface area contributed by atoms with E-state index in [1.54, 1.807) is 0 Å². The maximum atomic E-state index is 5.03. The zero-order valence-corrected chi connectivity index (χ0v) is 19.7. The molecule has 0 atom stereocenters. The third kappa shape index (κ3) is 10.3. The molecule has 0 heterocycles. The molecule has 0 radical (unpaired) electrons. The first-order valence-corrected chi connectivity index (χ1v) is 22.1. The summed E-state index contributed by atoms with van der Waals surface area (Å²) in [7, 11) is 0. The van der Waals surface area contributed by atoms with E-state index < -0.39 is 25.7 Å². The molecule has 0 aromatic heterocycles. The van der Waals surface area contributed by atoms with Crippen LogP contribution >= 0.6 is 20.4 Å². The van der Waals surface area contributed by atoms with Gasteiger partial charge in [-0.15, -0.1) is 0 Å². The van der Waals surface area contributed by atoms with Gasteiger partial charge in [-0.25, -0.2) is 0 Å². The van der Waals surface area contributed by atoms with Crippen molar-refractivity contribution in [1.29, 1.82) is 0 Å². The summed E-state index contributed by atoms with van der Waals surface area (Å²) >= 11 is -2.31. The fraction of sp³-hybridized carbons (Fsp3) is 0.875. The van der Waals surface area contributed by atoms with Gasteiger partial charge >= 0.3 is 46.0 Å². The van der Waals surface area contributed by atoms with Crippen LogP contribution in [0.4, 0.5) is 0 Å². The van der Waals surface area contributed by atoms with Gasteiger partial charge in [0.2, 0.25) is 0 Å². The van der Waals surface area contributed by atoms with Crippen LogP contribution in [0.5, 0.6) is 0 Å². The normalized spacial score (nSPS) is 22.0. The van der Waals surface area contributed by atoms with Gasteiger partial charge in [0.15, 0.2) is 0 Å². The van der Waals surface area contributed by atoms with Crippen molar-refractivity contribution in [3.63, 3.8) is 0 Å². The van der Waals surface area contributed by atoms with Gasteiger partial charge in [-0.2, -0.15) is 0 Å². The summed E-state index contributed by atoms with van der Waals surface area (Å²) < 4.78 is 0. The van der Waals surface area contributed by atoms with E-state index >= 15 is 0 Å². The number of nitrogens with zero attached hydrogens (tertiary/aromatic N) is 2. The molecule has 0 saturated heterocycles. The van der Waals surface area contributed by atoms with E-state index in [9.17, 15) is 0 Å². The second kappa shape index (κ2) is 12.7. The number of hydrogen-bond acceptors (Lipinski definition) is 2. The Labute approximate surface area is 156 Å². The van der Waals surface area contributed by atoms with Crippen molar-refractivity contribution in [3.05, 3.63) is 0 Å².